The SMILES string of the molecule is O=C(N=Nc1ccccc1)c1ccco1. The maximum atomic E-state index is 11.3. The van der Waals surface area contributed by atoms with E-state index >= 15 is 0 Å². The summed E-state index contributed by atoms with van der Waals surface area (Å²) < 4.78 is 4.88. The fourth-order valence-electron chi connectivity index (χ4n) is 1.05. The highest BCUT2D eigenvalue weighted by Gasteiger charge is 2.05. The molecule has 1 amide bonds. The molecule has 0 spiro atoms. The van der Waals surface area contributed by atoms with Crippen LogP contribution in [0.2, 0.25) is 0 Å². The second kappa shape index (κ2) is 4.32. The van der Waals surface area contributed by atoms with Crippen molar-refractivity contribution in [1.29, 1.82) is 0 Å². The zero-order valence-corrected chi connectivity index (χ0v) is 7.83. The van der Waals surface area contributed by atoms with Crippen molar-refractivity contribution < 1.29 is 9.21 Å². The van der Waals surface area contributed by atoms with E-state index in [9.17, 15) is 4.79 Å². The van der Waals surface area contributed by atoms with E-state index in [0.717, 1.165) is 0 Å². The van der Waals surface area contributed by atoms with Crippen molar-refractivity contribution in [2.24, 2.45) is 10.2 Å². The summed E-state index contributed by atoms with van der Waals surface area (Å²) in [7, 11) is 0. The number of azo groups is 1. The van der Waals surface area contributed by atoms with Crippen molar-refractivity contribution in [1.82, 2.24) is 0 Å². The number of benzene rings is 1. The molecule has 0 aliphatic carbocycles. The summed E-state index contributed by atoms with van der Waals surface area (Å²) in [6.07, 6.45) is 1.42. The van der Waals surface area contributed by atoms with Gasteiger partial charge in [0, 0.05) is 0 Å². The molecule has 1 aromatic heterocycles. The van der Waals surface area contributed by atoms with Crippen molar-refractivity contribution in [3.05, 3.63) is 54.5 Å². The summed E-state index contributed by atoms with van der Waals surface area (Å²) in [6, 6.07) is 12.2. The molecule has 0 saturated heterocycles. The third-order valence-corrected chi connectivity index (χ3v) is 1.74. The first kappa shape index (κ1) is 9.33. The summed E-state index contributed by atoms with van der Waals surface area (Å²) in [4.78, 5) is 11.3. The molecule has 1 heterocycles. The predicted molar refractivity (Wildman–Crippen MR) is 54.0 cm³/mol. The molecule has 15 heavy (non-hydrogen) atoms. The summed E-state index contributed by atoms with van der Waals surface area (Å²) in [6.45, 7) is 0. The largest absolute Gasteiger partial charge is 0.459 e. The Hall–Kier alpha value is -2.23. The summed E-state index contributed by atoms with van der Waals surface area (Å²) in [5.74, 6) is -0.293. The van der Waals surface area contributed by atoms with Gasteiger partial charge in [0.1, 0.15) is 0 Å². The standard InChI is InChI=1S/C11H8N2O2/c14-11(10-7-4-8-15-10)13-12-9-5-2-1-3-6-9/h1-8H. The topological polar surface area (TPSA) is 54.9 Å². The molecule has 2 rings (SSSR count). The fraction of sp³-hybridized carbons (Fsp3) is 0. The third-order valence-electron chi connectivity index (χ3n) is 1.74. The minimum atomic E-state index is -0.483. The molecule has 4 heteroatoms. The first-order valence-electron chi connectivity index (χ1n) is 4.41. The van der Waals surface area contributed by atoms with Crippen LogP contribution in [0.5, 0.6) is 0 Å². The van der Waals surface area contributed by atoms with Crippen LogP contribution in [-0.4, -0.2) is 5.91 Å². The minimum Gasteiger partial charge on any atom is -0.459 e. The van der Waals surface area contributed by atoms with Crippen LogP contribution in [-0.2, 0) is 0 Å². The van der Waals surface area contributed by atoms with Crippen molar-refractivity contribution in [3.8, 4) is 0 Å². The molecular formula is C11H8N2O2. The lowest BCUT2D eigenvalue weighted by Gasteiger charge is -1.89. The maximum absolute atomic E-state index is 11.3. The molecule has 74 valence electrons. The fourth-order valence-corrected chi connectivity index (χ4v) is 1.05. The molecule has 0 bridgehead atoms. The number of nitrogens with zero attached hydrogens (tertiary/aromatic N) is 2. The number of carbonyl (C=O) groups excluding carboxylic acids is 1. The van der Waals surface area contributed by atoms with Crippen LogP contribution in [0.4, 0.5) is 5.69 Å². The lowest BCUT2D eigenvalue weighted by molar-refractivity contribution is 0.0968. The Morgan fingerprint density at radius 3 is 2.53 bits per heavy atom. The van der Waals surface area contributed by atoms with Crippen LogP contribution in [0.25, 0.3) is 0 Å². The molecule has 0 unspecified atom stereocenters. The van der Waals surface area contributed by atoms with Crippen LogP contribution in [0.1, 0.15) is 10.6 Å². The Balaban J connectivity index is 2.10. The van der Waals surface area contributed by atoms with Gasteiger partial charge in [0.15, 0.2) is 5.76 Å². The second-order valence-corrected chi connectivity index (χ2v) is 2.82. The first-order valence-corrected chi connectivity index (χ1v) is 4.41. The number of hydrogen-bond donors (Lipinski definition) is 0. The molecule has 0 aliphatic rings. The van der Waals surface area contributed by atoms with Gasteiger partial charge in [-0.15, -0.1) is 10.2 Å². The van der Waals surface area contributed by atoms with Crippen molar-refractivity contribution in [3.63, 3.8) is 0 Å². The molecule has 0 fully saturated rings. The number of hydrogen-bond acceptors (Lipinski definition) is 3. The monoisotopic (exact) mass is 200 g/mol. The van der Waals surface area contributed by atoms with Crippen LogP contribution in [0.3, 0.4) is 0 Å². The molecule has 0 N–H and O–H groups in total. The molecule has 2 aromatic rings. The Bertz CT molecular complexity index is 461. The molecule has 0 saturated carbocycles. The van der Waals surface area contributed by atoms with Crippen molar-refractivity contribution >= 4 is 11.6 Å². The first-order chi connectivity index (χ1) is 7.36. The van der Waals surface area contributed by atoms with Gasteiger partial charge in [0.05, 0.1) is 12.0 Å². The van der Waals surface area contributed by atoms with Crippen LogP contribution >= 0.6 is 0 Å². The Morgan fingerprint density at radius 2 is 1.87 bits per heavy atom. The van der Waals surface area contributed by atoms with Crippen molar-refractivity contribution in [2.45, 2.75) is 0 Å². The van der Waals surface area contributed by atoms with E-state index in [-0.39, 0.29) is 5.76 Å². The highest BCUT2D eigenvalue weighted by atomic mass is 16.3. The molecular weight excluding hydrogens is 192 g/mol. The van der Waals surface area contributed by atoms with Gasteiger partial charge in [0.25, 0.3) is 0 Å². The number of carbonyl (C=O) groups is 1. The van der Waals surface area contributed by atoms with Crippen molar-refractivity contribution in [2.75, 3.05) is 0 Å². The number of furan rings is 1. The van der Waals surface area contributed by atoms with E-state index in [1.807, 2.05) is 18.2 Å². The molecule has 0 atom stereocenters. The van der Waals surface area contributed by atoms with Gasteiger partial charge in [0.2, 0.25) is 0 Å². The molecule has 4 nitrogen and oxygen atoms in total. The van der Waals surface area contributed by atoms with E-state index < -0.39 is 5.91 Å². The predicted octanol–water partition coefficient (Wildman–Crippen LogP) is 3.20. The van der Waals surface area contributed by atoms with Crippen LogP contribution in [0.15, 0.2) is 63.4 Å². The molecule has 0 radical (unpaired) electrons. The van der Waals surface area contributed by atoms with Gasteiger partial charge >= 0.3 is 5.91 Å². The van der Waals surface area contributed by atoms with E-state index in [4.69, 9.17) is 4.42 Å². The Labute approximate surface area is 86.3 Å². The Morgan fingerprint density at radius 1 is 1.07 bits per heavy atom. The molecule has 0 aliphatic heterocycles. The smallest absolute Gasteiger partial charge is 0.331 e. The lowest BCUT2D eigenvalue weighted by Crippen LogP contribution is -1.89. The van der Waals surface area contributed by atoms with Gasteiger partial charge in [-0.2, -0.15) is 0 Å². The second-order valence-electron chi connectivity index (χ2n) is 2.82. The van der Waals surface area contributed by atoms with E-state index in [1.165, 1.54) is 6.26 Å². The maximum Gasteiger partial charge on any atom is 0.331 e. The zero-order chi connectivity index (χ0) is 10.5. The highest BCUT2D eigenvalue weighted by Crippen LogP contribution is 2.11. The van der Waals surface area contributed by atoms with Gasteiger partial charge in [-0.25, -0.2) is 0 Å². The van der Waals surface area contributed by atoms with Gasteiger partial charge in [-0.1, -0.05) is 18.2 Å². The van der Waals surface area contributed by atoms with E-state index in [1.54, 1.807) is 24.3 Å². The van der Waals surface area contributed by atoms with Gasteiger partial charge < -0.3 is 4.42 Å². The summed E-state index contributed by atoms with van der Waals surface area (Å²) >= 11 is 0. The Kier molecular flexibility index (Phi) is 2.69. The number of amides is 1. The zero-order valence-electron chi connectivity index (χ0n) is 7.83. The van der Waals surface area contributed by atoms with E-state index in [0.29, 0.717) is 5.69 Å². The third kappa shape index (κ3) is 2.37. The summed E-state index contributed by atoms with van der Waals surface area (Å²) in [5.41, 5.74) is 0.636. The molecule has 1 aromatic carbocycles. The van der Waals surface area contributed by atoms with E-state index in [2.05, 4.69) is 10.2 Å². The van der Waals surface area contributed by atoms with Gasteiger partial charge in [-0.3, -0.25) is 4.79 Å². The average Bonchev–Trinajstić information content (AvgIpc) is 2.81. The number of rotatable bonds is 2. The quantitative estimate of drug-likeness (QED) is 0.699. The minimum absolute atomic E-state index is 0.190. The van der Waals surface area contributed by atoms with Crippen LogP contribution < -0.4 is 0 Å². The van der Waals surface area contributed by atoms with Gasteiger partial charge in [-0.05, 0) is 24.3 Å². The normalized spacial score (nSPS) is 10.7. The lowest BCUT2D eigenvalue weighted by atomic mass is 10.3. The van der Waals surface area contributed by atoms with Crippen LogP contribution in [0, 0.1) is 0 Å². The highest BCUT2D eigenvalue weighted by molar-refractivity contribution is 5.91. The summed E-state index contributed by atoms with van der Waals surface area (Å²) in [5, 5.41) is 7.31. The average molecular weight is 200 g/mol.